The molecule has 0 aliphatic heterocycles. The third kappa shape index (κ3) is 5.33. The number of nitrogens with one attached hydrogen (secondary N) is 1. The smallest absolute Gasteiger partial charge is 0.264 e. The molecule has 1 amide bonds. The fourth-order valence-corrected chi connectivity index (χ4v) is 5.91. The molecular weight excluding hydrogens is 476 g/mol. The van der Waals surface area contributed by atoms with Crippen LogP contribution in [0.5, 0.6) is 11.5 Å². The van der Waals surface area contributed by atoms with Gasteiger partial charge < -0.3 is 14.8 Å². The molecule has 0 saturated heterocycles. The maximum absolute atomic E-state index is 13.7. The maximum Gasteiger partial charge on any atom is 0.264 e. The van der Waals surface area contributed by atoms with E-state index in [1.165, 1.54) is 25.3 Å². The Morgan fingerprint density at radius 1 is 0.944 bits per heavy atom. The van der Waals surface area contributed by atoms with E-state index in [9.17, 15) is 13.2 Å². The maximum atomic E-state index is 13.7. The number of carbonyl (C=O) groups is 1. The zero-order chi connectivity index (χ0) is 25.9. The molecule has 0 spiro atoms. The first-order valence-electron chi connectivity index (χ1n) is 12.0. The number of rotatable bonds is 9. The van der Waals surface area contributed by atoms with E-state index in [4.69, 9.17) is 9.47 Å². The topological polar surface area (TPSA) is 84.9 Å². The molecule has 1 aliphatic rings. The van der Waals surface area contributed by atoms with Gasteiger partial charge in [0.2, 0.25) is 5.91 Å². The Labute approximate surface area is 213 Å². The van der Waals surface area contributed by atoms with Gasteiger partial charge in [0.25, 0.3) is 10.0 Å². The molecule has 190 valence electrons. The summed E-state index contributed by atoms with van der Waals surface area (Å²) in [6.07, 6.45) is 3.29. The molecule has 0 radical (unpaired) electrons. The summed E-state index contributed by atoms with van der Waals surface area (Å²) in [5.74, 6) is 0.420. The number of benzene rings is 3. The Kier molecular flexibility index (Phi) is 7.54. The summed E-state index contributed by atoms with van der Waals surface area (Å²) in [7, 11) is -1.06. The predicted octanol–water partition coefficient (Wildman–Crippen LogP) is 4.57. The molecule has 3 aromatic carbocycles. The first-order valence-corrected chi connectivity index (χ1v) is 13.4. The lowest BCUT2D eigenvalue weighted by Crippen LogP contribution is -2.41. The lowest BCUT2D eigenvalue weighted by Gasteiger charge is -2.26. The lowest BCUT2D eigenvalue weighted by atomic mass is 10.0. The molecule has 1 N–H and O–H groups in total. The van der Waals surface area contributed by atoms with E-state index in [-0.39, 0.29) is 17.5 Å². The summed E-state index contributed by atoms with van der Waals surface area (Å²) in [5, 5.41) is 2.97. The Hall–Kier alpha value is -3.52. The van der Waals surface area contributed by atoms with Crippen LogP contribution < -0.4 is 19.1 Å². The van der Waals surface area contributed by atoms with Gasteiger partial charge in [-0.1, -0.05) is 35.9 Å². The summed E-state index contributed by atoms with van der Waals surface area (Å²) in [4.78, 5) is 13.3. The normalized spacial score (nSPS) is 13.6. The summed E-state index contributed by atoms with van der Waals surface area (Å²) in [5.41, 5.74) is 4.92. The van der Waals surface area contributed by atoms with Crippen molar-refractivity contribution in [2.24, 2.45) is 0 Å². The molecule has 0 aromatic heterocycles. The Bertz CT molecular complexity index is 1350. The van der Waals surface area contributed by atoms with Crippen LogP contribution in [0.2, 0.25) is 0 Å². The third-order valence-electron chi connectivity index (χ3n) is 6.55. The highest BCUT2D eigenvalue weighted by Gasteiger charge is 2.28. The molecule has 4 rings (SSSR count). The molecule has 8 heteroatoms. The Balaban J connectivity index is 1.63. The van der Waals surface area contributed by atoms with Crippen LogP contribution in [0.4, 0.5) is 5.69 Å². The molecule has 7 nitrogen and oxygen atoms in total. The number of ether oxygens (including phenoxy) is 2. The number of anilines is 1. The van der Waals surface area contributed by atoms with Gasteiger partial charge in [-0.15, -0.1) is 0 Å². The second-order valence-corrected chi connectivity index (χ2v) is 10.9. The molecule has 0 heterocycles. The average molecular weight is 509 g/mol. The zero-order valence-corrected chi connectivity index (χ0v) is 21.9. The van der Waals surface area contributed by atoms with Crippen LogP contribution in [0.3, 0.4) is 0 Å². The van der Waals surface area contributed by atoms with Gasteiger partial charge in [0, 0.05) is 6.07 Å². The van der Waals surface area contributed by atoms with Crippen LogP contribution in [-0.2, 0) is 27.7 Å². The average Bonchev–Trinajstić information content (AvgIpc) is 3.35. The highest BCUT2D eigenvalue weighted by atomic mass is 32.2. The van der Waals surface area contributed by atoms with Crippen LogP contribution >= 0.6 is 0 Å². The van der Waals surface area contributed by atoms with E-state index < -0.39 is 15.9 Å². The standard InChI is InChI=1S/C28H32N2O5S/c1-19-8-13-25(14-9-19)36(32,33)30(24-12-15-26(34-3)27(17-24)35-4)18-28(31)29-20(2)22-11-10-21-6-5-7-23(21)16-22/h8-17,20H,5-7,18H2,1-4H3,(H,29,31). The van der Waals surface area contributed by atoms with E-state index >= 15 is 0 Å². The van der Waals surface area contributed by atoms with Gasteiger partial charge in [-0.25, -0.2) is 8.42 Å². The molecular formula is C28H32N2O5S. The van der Waals surface area contributed by atoms with Gasteiger partial charge in [-0.2, -0.15) is 0 Å². The first-order chi connectivity index (χ1) is 17.2. The van der Waals surface area contributed by atoms with Gasteiger partial charge in [0.15, 0.2) is 11.5 Å². The lowest BCUT2D eigenvalue weighted by molar-refractivity contribution is -0.120. The van der Waals surface area contributed by atoms with Gasteiger partial charge in [0.05, 0.1) is 30.8 Å². The predicted molar refractivity (Wildman–Crippen MR) is 140 cm³/mol. The summed E-state index contributed by atoms with van der Waals surface area (Å²) >= 11 is 0. The van der Waals surface area contributed by atoms with Crippen LogP contribution in [0.25, 0.3) is 0 Å². The summed E-state index contributed by atoms with van der Waals surface area (Å²) < 4.78 is 39.2. The minimum Gasteiger partial charge on any atom is -0.493 e. The summed E-state index contributed by atoms with van der Waals surface area (Å²) in [6.45, 7) is 3.40. The van der Waals surface area contributed by atoms with E-state index in [1.807, 2.05) is 19.9 Å². The van der Waals surface area contributed by atoms with Crippen molar-refractivity contribution in [2.45, 2.75) is 44.0 Å². The van der Waals surface area contributed by atoms with Crippen LogP contribution in [-0.4, -0.2) is 35.1 Å². The second-order valence-electron chi connectivity index (χ2n) is 9.03. The third-order valence-corrected chi connectivity index (χ3v) is 8.34. The molecule has 3 aromatic rings. The second kappa shape index (κ2) is 10.6. The molecule has 0 saturated carbocycles. The molecule has 1 aliphatic carbocycles. The number of hydrogen-bond acceptors (Lipinski definition) is 5. The first kappa shape index (κ1) is 25.6. The van der Waals surface area contributed by atoms with Crippen LogP contribution in [0.15, 0.2) is 65.6 Å². The van der Waals surface area contributed by atoms with Crippen molar-refractivity contribution in [3.63, 3.8) is 0 Å². The van der Waals surface area contributed by atoms with E-state index in [2.05, 4.69) is 17.4 Å². The van der Waals surface area contributed by atoms with E-state index in [1.54, 1.807) is 42.5 Å². The monoisotopic (exact) mass is 508 g/mol. The number of methoxy groups -OCH3 is 2. The summed E-state index contributed by atoms with van der Waals surface area (Å²) in [6, 6.07) is 17.4. The number of sulfonamides is 1. The Morgan fingerprint density at radius 3 is 2.33 bits per heavy atom. The number of carbonyl (C=O) groups excluding carboxylic acids is 1. The van der Waals surface area contributed by atoms with Crippen molar-refractivity contribution < 1.29 is 22.7 Å². The molecule has 0 fully saturated rings. The minimum absolute atomic E-state index is 0.0994. The van der Waals surface area contributed by atoms with Gasteiger partial charge in [-0.3, -0.25) is 9.10 Å². The van der Waals surface area contributed by atoms with E-state index in [0.29, 0.717) is 17.2 Å². The largest absolute Gasteiger partial charge is 0.493 e. The Morgan fingerprint density at radius 2 is 1.64 bits per heavy atom. The van der Waals surface area contributed by atoms with Crippen molar-refractivity contribution in [1.82, 2.24) is 5.32 Å². The number of hydrogen-bond donors (Lipinski definition) is 1. The molecule has 36 heavy (non-hydrogen) atoms. The zero-order valence-electron chi connectivity index (χ0n) is 21.1. The van der Waals surface area contributed by atoms with E-state index in [0.717, 1.165) is 34.7 Å². The van der Waals surface area contributed by atoms with Crippen molar-refractivity contribution in [1.29, 1.82) is 0 Å². The highest BCUT2D eigenvalue weighted by molar-refractivity contribution is 7.92. The molecule has 1 atom stereocenters. The number of fused-ring (bicyclic) bond motifs is 1. The van der Waals surface area contributed by atoms with Gasteiger partial charge in [0.1, 0.15) is 6.54 Å². The van der Waals surface area contributed by atoms with Crippen LogP contribution in [0, 0.1) is 6.92 Å². The van der Waals surface area contributed by atoms with Crippen molar-refractivity contribution >= 4 is 21.6 Å². The van der Waals surface area contributed by atoms with Gasteiger partial charge in [-0.05, 0) is 74.1 Å². The van der Waals surface area contributed by atoms with Crippen molar-refractivity contribution in [2.75, 3.05) is 25.1 Å². The molecule has 1 unspecified atom stereocenters. The van der Waals surface area contributed by atoms with Gasteiger partial charge >= 0.3 is 0 Å². The number of amides is 1. The van der Waals surface area contributed by atoms with Crippen LogP contribution in [0.1, 0.15) is 41.6 Å². The highest BCUT2D eigenvalue weighted by Crippen LogP contribution is 2.34. The van der Waals surface area contributed by atoms with Crippen molar-refractivity contribution in [3.8, 4) is 11.5 Å². The SMILES string of the molecule is COc1ccc(N(CC(=O)NC(C)c2ccc3c(c2)CCC3)S(=O)(=O)c2ccc(C)cc2)cc1OC. The minimum atomic E-state index is -4.04. The molecule has 0 bridgehead atoms. The quantitative estimate of drug-likeness (QED) is 0.458. The fraction of sp³-hybridized carbons (Fsp3) is 0.321. The number of nitrogens with zero attached hydrogens (tertiary/aromatic N) is 1. The fourth-order valence-electron chi connectivity index (χ4n) is 4.49. The number of aryl methyl sites for hydroxylation is 3. The van der Waals surface area contributed by atoms with Crippen molar-refractivity contribution in [3.05, 3.63) is 82.9 Å².